The molecule has 1 aliphatic carbocycles. The zero-order valence-electron chi connectivity index (χ0n) is 11.9. The zero-order chi connectivity index (χ0) is 15.2. The van der Waals surface area contributed by atoms with Gasteiger partial charge >= 0.3 is 5.97 Å². The van der Waals surface area contributed by atoms with Crippen LogP contribution in [0.2, 0.25) is 5.02 Å². The van der Waals surface area contributed by atoms with Crippen LogP contribution in [0.5, 0.6) is 0 Å². The molecule has 1 aromatic carbocycles. The minimum Gasteiger partial charge on any atom is -0.455 e. The number of anilines is 1. The number of ether oxygens (including phenoxy) is 1. The molecule has 1 aliphatic rings. The van der Waals surface area contributed by atoms with Gasteiger partial charge < -0.3 is 10.1 Å². The lowest BCUT2D eigenvalue weighted by atomic mass is 9.95. The Balaban J connectivity index is 1.80. The highest BCUT2D eigenvalue weighted by molar-refractivity contribution is 6.31. The average molecular weight is 308 g/mol. The molecule has 0 aromatic heterocycles. The van der Waals surface area contributed by atoms with Crippen LogP contribution in [-0.4, -0.2) is 18.5 Å². The average Bonchev–Trinajstić information content (AvgIpc) is 2.49. The summed E-state index contributed by atoms with van der Waals surface area (Å²) in [5.74, 6) is -0.803. The highest BCUT2D eigenvalue weighted by Crippen LogP contribution is 2.21. The Kier molecular flexibility index (Phi) is 5.39. The highest BCUT2D eigenvalue weighted by Gasteiger charge is 2.20. The quantitative estimate of drug-likeness (QED) is 0.684. The fourth-order valence-corrected chi connectivity index (χ4v) is 2.31. The van der Waals surface area contributed by atoms with Gasteiger partial charge in [-0.25, -0.2) is 0 Å². The van der Waals surface area contributed by atoms with Crippen molar-refractivity contribution < 1.29 is 14.3 Å². The zero-order valence-corrected chi connectivity index (χ0v) is 12.7. The first-order chi connectivity index (χ1) is 10.1. The van der Waals surface area contributed by atoms with Crippen LogP contribution in [0, 0.1) is 12.8 Å². The van der Waals surface area contributed by atoms with Gasteiger partial charge in [-0.05, 0) is 43.9 Å². The Morgan fingerprint density at radius 2 is 2.19 bits per heavy atom. The largest absolute Gasteiger partial charge is 0.455 e. The summed E-state index contributed by atoms with van der Waals surface area (Å²) >= 11 is 5.98. The van der Waals surface area contributed by atoms with Crippen molar-refractivity contribution >= 4 is 29.2 Å². The van der Waals surface area contributed by atoms with Gasteiger partial charge in [0.15, 0.2) is 6.61 Å². The van der Waals surface area contributed by atoms with Crippen LogP contribution in [0.25, 0.3) is 0 Å². The van der Waals surface area contributed by atoms with E-state index >= 15 is 0 Å². The normalized spacial score (nSPS) is 17.3. The molecule has 1 aromatic rings. The number of amides is 1. The van der Waals surface area contributed by atoms with E-state index in [1.807, 2.05) is 19.1 Å². The van der Waals surface area contributed by atoms with E-state index in [9.17, 15) is 9.59 Å². The van der Waals surface area contributed by atoms with Gasteiger partial charge in [-0.2, -0.15) is 0 Å². The molecule has 0 saturated heterocycles. The molecular weight excluding hydrogens is 290 g/mol. The number of hydrogen-bond donors (Lipinski definition) is 1. The Bertz CT molecular complexity index is 569. The van der Waals surface area contributed by atoms with Crippen LogP contribution in [0.3, 0.4) is 0 Å². The van der Waals surface area contributed by atoms with E-state index in [2.05, 4.69) is 11.4 Å². The van der Waals surface area contributed by atoms with E-state index in [1.165, 1.54) is 0 Å². The Labute approximate surface area is 129 Å². The molecule has 1 atom stereocenters. The number of aryl methyl sites for hydroxylation is 1. The highest BCUT2D eigenvalue weighted by atomic mass is 35.5. The van der Waals surface area contributed by atoms with Gasteiger partial charge in [-0.15, -0.1) is 0 Å². The van der Waals surface area contributed by atoms with Crippen LogP contribution in [0.1, 0.15) is 24.8 Å². The SMILES string of the molecule is Cc1ccc(NC(=O)COC(=O)[C@H]2CC=CCC2)cc1Cl. The van der Waals surface area contributed by atoms with Gasteiger partial charge in [0.25, 0.3) is 5.91 Å². The van der Waals surface area contributed by atoms with E-state index in [-0.39, 0.29) is 24.4 Å². The topological polar surface area (TPSA) is 55.4 Å². The maximum absolute atomic E-state index is 11.8. The summed E-state index contributed by atoms with van der Waals surface area (Å²) in [5.41, 5.74) is 1.53. The summed E-state index contributed by atoms with van der Waals surface area (Å²) in [4.78, 5) is 23.5. The van der Waals surface area contributed by atoms with Gasteiger partial charge in [0.2, 0.25) is 0 Å². The second kappa shape index (κ2) is 7.27. The van der Waals surface area contributed by atoms with E-state index in [4.69, 9.17) is 16.3 Å². The molecule has 1 N–H and O–H groups in total. The Morgan fingerprint density at radius 3 is 2.86 bits per heavy atom. The number of hydrogen-bond acceptors (Lipinski definition) is 3. The fraction of sp³-hybridized carbons (Fsp3) is 0.375. The number of benzene rings is 1. The lowest BCUT2D eigenvalue weighted by molar-refractivity contribution is -0.151. The first-order valence-corrected chi connectivity index (χ1v) is 7.31. The molecule has 0 radical (unpaired) electrons. The lowest BCUT2D eigenvalue weighted by Gasteiger charge is -2.16. The molecule has 2 rings (SSSR count). The molecule has 112 valence electrons. The summed E-state index contributed by atoms with van der Waals surface area (Å²) in [6.45, 7) is 1.61. The second-order valence-corrected chi connectivity index (χ2v) is 5.51. The first-order valence-electron chi connectivity index (χ1n) is 6.94. The van der Waals surface area contributed by atoms with Gasteiger partial charge in [-0.1, -0.05) is 29.8 Å². The standard InChI is InChI=1S/C16H18ClNO3/c1-11-7-8-13(9-14(11)17)18-15(19)10-21-16(20)12-5-3-2-4-6-12/h2-3,7-9,12H,4-6,10H2,1H3,(H,18,19)/t12-/m0/s1. The lowest BCUT2D eigenvalue weighted by Crippen LogP contribution is -2.25. The molecular formula is C16H18ClNO3. The van der Waals surface area contributed by atoms with E-state index in [0.29, 0.717) is 17.1 Å². The number of carbonyl (C=O) groups excluding carboxylic acids is 2. The molecule has 0 fully saturated rings. The van der Waals surface area contributed by atoms with Crippen molar-refractivity contribution in [2.24, 2.45) is 5.92 Å². The molecule has 5 heteroatoms. The molecule has 0 spiro atoms. The monoisotopic (exact) mass is 307 g/mol. The van der Waals surface area contributed by atoms with Gasteiger partial charge in [0.05, 0.1) is 5.92 Å². The molecule has 21 heavy (non-hydrogen) atoms. The van der Waals surface area contributed by atoms with Crippen molar-refractivity contribution in [3.63, 3.8) is 0 Å². The summed E-state index contributed by atoms with van der Waals surface area (Å²) in [7, 11) is 0. The Hall–Kier alpha value is -1.81. The number of esters is 1. The molecule has 4 nitrogen and oxygen atoms in total. The minimum atomic E-state index is -0.366. The Morgan fingerprint density at radius 1 is 1.38 bits per heavy atom. The third-order valence-electron chi connectivity index (χ3n) is 3.40. The maximum Gasteiger partial charge on any atom is 0.309 e. The van der Waals surface area contributed by atoms with Crippen LogP contribution in [0.15, 0.2) is 30.4 Å². The molecule has 1 amide bonds. The van der Waals surface area contributed by atoms with E-state index < -0.39 is 0 Å². The number of allylic oxidation sites excluding steroid dienone is 2. The van der Waals surface area contributed by atoms with E-state index in [0.717, 1.165) is 18.4 Å². The number of rotatable bonds is 4. The summed E-state index contributed by atoms with van der Waals surface area (Å²) in [5, 5.41) is 3.24. The predicted octanol–water partition coefficient (Wildman–Crippen LogP) is 3.49. The third-order valence-corrected chi connectivity index (χ3v) is 3.81. The van der Waals surface area contributed by atoms with Crippen molar-refractivity contribution in [1.29, 1.82) is 0 Å². The van der Waals surface area contributed by atoms with Crippen LogP contribution in [0.4, 0.5) is 5.69 Å². The van der Waals surface area contributed by atoms with Gasteiger partial charge in [-0.3, -0.25) is 9.59 Å². The maximum atomic E-state index is 11.8. The van der Waals surface area contributed by atoms with Crippen molar-refractivity contribution in [3.8, 4) is 0 Å². The molecule has 0 saturated carbocycles. The smallest absolute Gasteiger partial charge is 0.309 e. The van der Waals surface area contributed by atoms with Gasteiger partial charge in [0, 0.05) is 10.7 Å². The van der Waals surface area contributed by atoms with Crippen molar-refractivity contribution in [3.05, 3.63) is 40.9 Å². The summed E-state index contributed by atoms with van der Waals surface area (Å²) in [6, 6.07) is 5.24. The predicted molar refractivity (Wildman–Crippen MR) is 82.3 cm³/mol. The van der Waals surface area contributed by atoms with Crippen LogP contribution < -0.4 is 5.32 Å². The van der Waals surface area contributed by atoms with Crippen molar-refractivity contribution in [2.45, 2.75) is 26.2 Å². The molecule has 0 heterocycles. The van der Waals surface area contributed by atoms with Gasteiger partial charge in [0.1, 0.15) is 0 Å². The molecule has 0 bridgehead atoms. The first kappa shape index (κ1) is 15.6. The van der Waals surface area contributed by atoms with Crippen LogP contribution >= 0.6 is 11.6 Å². The molecule has 0 unspecified atom stereocenters. The molecule has 0 aliphatic heterocycles. The van der Waals surface area contributed by atoms with Crippen molar-refractivity contribution in [1.82, 2.24) is 0 Å². The van der Waals surface area contributed by atoms with Crippen LogP contribution in [-0.2, 0) is 14.3 Å². The summed E-state index contributed by atoms with van der Waals surface area (Å²) in [6.07, 6.45) is 6.38. The van der Waals surface area contributed by atoms with E-state index in [1.54, 1.807) is 12.1 Å². The number of nitrogens with one attached hydrogen (secondary N) is 1. The third kappa shape index (κ3) is 4.60. The fourth-order valence-electron chi connectivity index (χ4n) is 2.13. The second-order valence-electron chi connectivity index (χ2n) is 5.10. The van der Waals surface area contributed by atoms with Crippen molar-refractivity contribution in [2.75, 3.05) is 11.9 Å². The minimum absolute atomic E-state index is 0.128. The summed E-state index contributed by atoms with van der Waals surface area (Å²) < 4.78 is 5.05. The number of halogens is 1. The number of carbonyl (C=O) groups is 2.